The van der Waals surface area contributed by atoms with Gasteiger partial charge in [0, 0.05) is 66.0 Å². The van der Waals surface area contributed by atoms with Gasteiger partial charge in [-0.25, -0.2) is 19.9 Å². The van der Waals surface area contributed by atoms with E-state index in [1.165, 1.54) is 18.2 Å². The molecule has 0 atom stereocenters. The monoisotopic (exact) mass is 698 g/mol. The molecular weight excluding hydrogens is 666 g/mol. The lowest BCUT2D eigenvalue weighted by atomic mass is 9.79. The number of allylic oxidation sites excluding steroid dienone is 2. The Kier molecular flexibility index (Phi) is 9.22. The molecule has 7 rings (SSSR count). The maximum Gasteiger partial charge on any atom is 0.498 e. The molecule has 0 radical (unpaired) electrons. The highest BCUT2D eigenvalue weighted by Gasteiger charge is 2.52. The first kappa shape index (κ1) is 32.5. The quantitative estimate of drug-likeness (QED) is 0.193. The van der Waals surface area contributed by atoms with Gasteiger partial charge in [0.2, 0.25) is 0 Å². The van der Waals surface area contributed by atoms with Crippen LogP contribution in [0.4, 0.5) is 0 Å². The zero-order chi connectivity index (χ0) is 32.0. The van der Waals surface area contributed by atoms with Crippen LogP contribution in [-0.4, -0.2) is 57.8 Å². The SMILES string of the molecule is Cc1nn(C)cc1B1OC(C)(C)C(C)(C)O1.Cc1nn(C)cc1C1=Cc2ncnc(Cl)c2C1.Clc1ncnc2c1CC(Br)=C2. The number of halogens is 3. The van der Waals surface area contributed by atoms with Gasteiger partial charge in [0.1, 0.15) is 23.0 Å². The molecule has 0 saturated carbocycles. The smallest absolute Gasteiger partial charge is 0.399 e. The van der Waals surface area contributed by atoms with Crippen LogP contribution >= 0.6 is 39.1 Å². The Labute approximate surface area is 276 Å². The molecule has 0 aromatic carbocycles. The minimum Gasteiger partial charge on any atom is -0.399 e. The lowest BCUT2D eigenvalue weighted by Gasteiger charge is -2.32. The summed E-state index contributed by atoms with van der Waals surface area (Å²) in [6.45, 7) is 12.2. The van der Waals surface area contributed by atoms with Crippen LogP contribution < -0.4 is 5.46 Å². The highest BCUT2D eigenvalue weighted by atomic mass is 79.9. The fraction of sp³-hybridized carbons (Fsp3) is 0.400. The van der Waals surface area contributed by atoms with Crippen LogP contribution in [-0.2, 0) is 36.2 Å². The average molecular weight is 700 g/mol. The van der Waals surface area contributed by atoms with E-state index < -0.39 is 0 Å². The molecule has 4 aromatic heterocycles. The van der Waals surface area contributed by atoms with Gasteiger partial charge in [-0.15, -0.1) is 0 Å². The number of hydrogen-bond donors (Lipinski definition) is 0. The molecule has 0 unspecified atom stereocenters. The number of aromatic nitrogens is 8. The van der Waals surface area contributed by atoms with Gasteiger partial charge in [0.25, 0.3) is 0 Å². The second-order valence-electron chi connectivity index (χ2n) is 11.9. The molecule has 0 N–H and O–H groups in total. The third kappa shape index (κ3) is 6.69. The summed E-state index contributed by atoms with van der Waals surface area (Å²) in [6.07, 6.45) is 12.6. The van der Waals surface area contributed by atoms with E-state index in [0.717, 1.165) is 62.3 Å². The number of fused-ring (bicyclic) bond motifs is 2. The maximum atomic E-state index is 6.06. The summed E-state index contributed by atoms with van der Waals surface area (Å²) in [6, 6.07) is 0. The largest absolute Gasteiger partial charge is 0.498 e. The van der Waals surface area contributed by atoms with Crippen LogP contribution in [0.5, 0.6) is 0 Å². The van der Waals surface area contributed by atoms with E-state index >= 15 is 0 Å². The van der Waals surface area contributed by atoms with Crippen LogP contribution in [0.25, 0.3) is 17.7 Å². The molecule has 10 nitrogen and oxygen atoms in total. The molecule has 0 bridgehead atoms. The molecule has 4 aromatic rings. The first-order valence-electron chi connectivity index (χ1n) is 14.1. The van der Waals surface area contributed by atoms with Gasteiger partial charge in [-0.05, 0) is 59.3 Å². The van der Waals surface area contributed by atoms with Gasteiger partial charge in [-0.2, -0.15) is 10.2 Å². The van der Waals surface area contributed by atoms with E-state index in [2.05, 4.69) is 79.8 Å². The minimum absolute atomic E-state index is 0.292. The van der Waals surface area contributed by atoms with Gasteiger partial charge in [-0.3, -0.25) is 9.36 Å². The molecule has 14 heteroatoms. The van der Waals surface area contributed by atoms with Crippen LogP contribution in [0.15, 0.2) is 29.5 Å². The maximum absolute atomic E-state index is 6.06. The van der Waals surface area contributed by atoms with E-state index in [-0.39, 0.29) is 18.3 Å². The molecule has 230 valence electrons. The normalized spacial score (nSPS) is 17.2. The molecule has 1 aliphatic heterocycles. The lowest BCUT2D eigenvalue weighted by molar-refractivity contribution is 0.00578. The molecule has 3 aliphatic rings. The second kappa shape index (κ2) is 12.5. The molecule has 2 aliphatic carbocycles. The highest BCUT2D eigenvalue weighted by Crippen LogP contribution is 2.37. The van der Waals surface area contributed by atoms with Crippen LogP contribution in [0, 0.1) is 13.8 Å². The molecule has 1 saturated heterocycles. The third-order valence-corrected chi connectivity index (χ3v) is 9.25. The average Bonchev–Trinajstić information content (AvgIpc) is 3.72. The Morgan fingerprint density at radius 3 is 1.77 bits per heavy atom. The zero-order valence-corrected chi connectivity index (χ0v) is 29.1. The molecule has 0 spiro atoms. The Morgan fingerprint density at radius 1 is 0.773 bits per heavy atom. The van der Waals surface area contributed by atoms with Crippen LogP contribution in [0.3, 0.4) is 0 Å². The summed E-state index contributed by atoms with van der Waals surface area (Å²) in [7, 11) is 3.52. The predicted octanol–water partition coefficient (Wildman–Crippen LogP) is 5.72. The Hall–Kier alpha value is -2.90. The van der Waals surface area contributed by atoms with Crippen molar-refractivity contribution in [2.45, 2.75) is 65.6 Å². The van der Waals surface area contributed by atoms with Crippen molar-refractivity contribution in [1.29, 1.82) is 0 Å². The van der Waals surface area contributed by atoms with Gasteiger partial charge in [0.05, 0.1) is 34.0 Å². The van der Waals surface area contributed by atoms with E-state index in [1.54, 1.807) is 4.68 Å². The lowest BCUT2D eigenvalue weighted by Crippen LogP contribution is -2.41. The first-order chi connectivity index (χ1) is 20.6. The van der Waals surface area contributed by atoms with E-state index in [1.807, 2.05) is 51.1 Å². The van der Waals surface area contributed by atoms with Crippen molar-refractivity contribution >= 4 is 69.4 Å². The number of hydrogen-bond acceptors (Lipinski definition) is 8. The van der Waals surface area contributed by atoms with Crippen molar-refractivity contribution in [3.8, 4) is 0 Å². The summed E-state index contributed by atoms with van der Waals surface area (Å²) in [4.78, 5) is 16.2. The van der Waals surface area contributed by atoms with E-state index in [0.29, 0.717) is 10.3 Å². The number of aryl methyl sites for hydroxylation is 4. The van der Waals surface area contributed by atoms with Gasteiger partial charge < -0.3 is 9.31 Å². The topological polar surface area (TPSA) is 106 Å². The second-order valence-corrected chi connectivity index (χ2v) is 13.6. The van der Waals surface area contributed by atoms with Crippen molar-refractivity contribution in [3.05, 3.63) is 79.3 Å². The van der Waals surface area contributed by atoms with Crippen molar-refractivity contribution in [2.75, 3.05) is 0 Å². The Balaban J connectivity index is 0.000000134. The molecule has 44 heavy (non-hydrogen) atoms. The zero-order valence-electron chi connectivity index (χ0n) is 26.0. The molecule has 5 heterocycles. The molecule has 0 amide bonds. The Morgan fingerprint density at radius 2 is 1.30 bits per heavy atom. The summed E-state index contributed by atoms with van der Waals surface area (Å²) >= 11 is 15.3. The molecule has 1 fully saturated rings. The Bertz CT molecular complexity index is 1770. The first-order valence-corrected chi connectivity index (χ1v) is 15.6. The predicted molar refractivity (Wildman–Crippen MR) is 178 cm³/mol. The fourth-order valence-corrected chi connectivity index (χ4v) is 5.98. The summed E-state index contributed by atoms with van der Waals surface area (Å²) in [5.74, 6) is 0. The minimum atomic E-state index is -0.307. The number of rotatable bonds is 2. The van der Waals surface area contributed by atoms with Crippen molar-refractivity contribution in [3.63, 3.8) is 0 Å². The van der Waals surface area contributed by atoms with Gasteiger partial charge in [-0.1, -0.05) is 39.1 Å². The van der Waals surface area contributed by atoms with Crippen molar-refractivity contribution in [2.24, 2.45) is 14.1 Å². The summed E-state index contributed by atoms with van der Waals surface area (Å²) < 4.78 is 16.7. The van der Waals surface area contributed by atoms with Crippen LogP contribution in [0.1, 0.15) is 67.2 Å². The fourth-order valence-electron chi connectivity index (χ4n) is 5.06. The van der Waals surface area contributed by atoms with Crippen LogP contribution in [0.2, 0.25) is 10.3 Å². The van der Waals surface area contributed by atoms with E-state index in [9.17, 15) is 0 Å². The van der Waals surface area contributed by atoms with Crippen molar-refractivity contribution < 1.29 is 9.31 Å². The molecular formula is C30H34BBrCl2N8O2. The van der Waals surface area contributed by atoms with Gasteiger partial charge in [0.15, 0.2) is 0 Å². The highest BCUT2D eigenvalue weighted by molar-refractivity contribution is 9.11. The summed E-state index contributed by atoms with van der Waals surface area (Å²) in [5, 5.41) is 9.76. The summed E-state index contributed by atoms with van der Waals surface area (Å²) in [5.41, 5.74) is 8.64. The van der Waals surface area contributed by atoms with Gasteiger partial charge >= 0.3 is 7.12 Å². The third-order valence-electron chi connectivity index (χ3n) is 8.09. The standard InChI is InChI=1S/C12H11ClN4.C11H19BN2O2.C7H4BrClN2/c1-7-10(5-17(2)16-7)8-3-9-11(4-8)14-6-15-12(9)13;1-8-9(7-14(6)13-8)12-15-10(2,3)11(4,5)16-12;8-4-1-5-6(2-4)10-3-11-7(5)9/h4-6H,3H2,1-2H3;7H,1-6H3;2-3H,1H2. The number of nitrogens with zero attached hydrogens (tertiary/aromatic N) is 8. The van der Waals surface area contributed by atoms with E-state index in [4.69, 9.17) is 32.5 Å². The van der Waals surface area contributed by atoms with Crippen molar-refractivity contribution in [1.82, 2.24) is 39.5 Å².